The van der Waals surface area contributed by atoms with Crippen molar-refractivity contribution in [1.29, 1.82) is 0 Å². The second kappa shape index (κ2) is 10.4. The van der Waals surface area contributed by atoms with E-state index in [0.717, 1.165) is 28.1 Å². The first-order chi connectivity index (χ1) is 16.8. The fraction of sp³-hybridized carbons (Fsp3) is 0.250. The van der Waals surface area contributed by atoms with Crippen molar-refractivity contribution in [3.8, 4) is 16.9 Å². The molecule has 0 atom stereocenters. The zero-order valence-electron chi connectivity index (χ0n) is 20.5. The van der Waals surface area contributed by atoms with Crippen LogP contribution in [0.3, 0.4) is 0 Å². The fourth-order valence-electron chi connectivity index (χ4n) is 3.79. The van der Waals surface area contributed by atoms with Gasteiger partial charge in [-0.25, -0.2) is 4.98 Å². The molecule has 0 aliphatic heterocycles. The second-order valence-corrected chi connectivity index (χ2v) is 9.13. The maximum Gasteiger partial charge on any atom is 0.290 e. The number of furan rings is 1. The van der Waals surface area contributed by atoms with Crippen LogP contribution < -0.4 is 5.32 Å². The summed E-state index contributed by atoms with van der Waals surface area (Å²) in [5, 5.41) is 2.92. The van der Waals surface area contributed by atoms with Crippen molar-refractivity contribution < 1.29 is 14.0 Å². The highest BCUT2D eigenvalue weighted by molar-refractivity contribution is 5.97. The molecule has 35 heavy (non-hydrogen) atoms. The number of aromatic nitrogens is 2. The third kappa shape index (κ3) is 5.87. The standard InChI is InChI=1S/C28H30N4O3/c1-19(2)16-31(27(34)25-6-5-15-35-25)18-26(33)30-28-29-24(22-11-7-20(3)8-12-22)17-32(28)23-13-9-21(4)10-14-23/h5-15,17,19H,16,18H2,1-4H3,(H,29,30,33). The molecule has 180 valence electrons. The minimum absolute atomic E-state index is 0.113. The Labute approximate surface area is 205 Å². The van der Waals surface area contributed by atoms with Crippen LogP contribution in [0.5, 0.6) is 0 Å². The first-order valence-electron chi connectivity index (χ1n) is 11.7. The smallest absolute Gasteiger partial charge is 0.290 e. The molecule has 7 nitrogen and oxygen atoms in total. The quantitative estimate of drug-likeness (QED) is 0.369. The number of benzene rings is 2. The van der Waals surface area contributed by atoms with Crippen molar-refractivity contribution in [3.63, 3.8) is 0 Å². The topological polar surface area (TPSA) is 80.4 Å². The summed E-state index contributed by atoms with van der Waals surface area (Å²) in [6, 6.07) is 19.3. The number of imidazole rings is 1. The van der Waals surface area contributed by atoms with Gasteiger partial charge >= 0.3 is 0 Å². The van der Waals surface area contributed by atoms with Gasteiger partial charge in [0.25, 0.3) is 5.91 Å². The Hall–Kier alpha value is -4.13. The summed E-state index contributed by atoms with van der Waals surface area (Å²) < 4.78 is 7.12. The van der Waals surface area contributed by atoms with Crippen molar-refractivity contribution in [2.75, 3.05) is 18.4 Å². The van der Waals surface area contributed by atoms with Crippen LogP contribution in [-0.2, 0) is 4.79 Å². The summed E-state index contributed by atoms with van der Waals surface area (Å²) in [6.45, 7) is 8.37. The summed E-state index contributed by atoms with van der Waals surface area (Å²) in [6.07, 6.45) is 3.36. The van der Waals surface area contributed by atoms with Gasteiger partial charge < -0.3 is 9.32 Å². The van der Waals surface area contributed by atoms with E-state index < -0.39 is 0 Å². The number of anilines is 1. The summed E-state index contributed by atoms with van der Waals surface area (Å²) in [7, 11) is 0. The lowest BCUT2D eigenvalue weighted by atomic mass is 10.1. The SMILES string of the molecule is Cc1ccc(-c2cn(-c3ccc(C)cc3)c(NC(=O)CN(CC(C)C)C(=O)c3ccco3)n2)cc1. The van der Waals surface area contributed by atoms with E-state index in [2.05, 4.69) is 5.32 Å². The Morgan fingerprint density at radius 3 is 2.26 bits per heavy atom. The van der Waals surface area contributed by atoms with E-state index in [0.29, 0.717) is 12.5 Å². The zero-order valence-corrected chi connectivity index (χ0v) is 20.5. The van der Waals surface area contributed by atoms with E-state index in [4.69, 9.17) is 9.40 Å². The third-order valence-electron chi connectivity index (χ3n) is 5.56. The largest absolute Gasteiger partial charge is 0.459 e. The average molecular weight is 471 g/mol. The highest BCUT2D eigenvalue weighted by atomic mass is 16.3. The normalized spacial score (nSPS) is 11.0. The molecule has 0 spiro atoms. The van der Waals surface area contributed by atoms with Gasteiger partial charge in [0, 0.05) is 24.0 Å². The Morgan fingerprint density at radius 2 is 1.66 bits per heavy atom. The molecule has 2 heterocycles. The molecule has 0 saturated carbocycles. The van der Waals surface area contributed by atoms with Crippen molar-refractivity contribution in [3.05, 3.63) is 90.0 Å². The molecule has 0 bridgehead atoms. The molecule has 0 radical (unpaired) electrons. The summed E-state index contributed by atoms with van der Waals surface area (Å²) in [5.74, 6) is 0.135. The number of aryl methyl sites for hydroxylation is 2. The number of rotatable bonds is 8. The van der Waals surface area contributed by atoms with Crippen LogP contribution in [0.2, 0.25) is 0 Å². The molecule has 4 rings (SSSR count). The maximum absolute atomic E-state index is 13.1. The van der Waals surface area contributed by atoms with Gasteiger partial charge in [0.1, 0.15) is 6.54 Å². The van der Waals surface area contributed by atoms with Gasteiger partial charge in [0.15, 0.2) is 5.76 Å². The molecule has 0 saturated heterocycles. The molecule has 0 aliphatic rings. The van der Waals surface area contributed by atoms with Crippen LogP contribution in [0.1, 0.15) is 35.5 Å². The molecular formula is C28H30N4O3. The van der Waals surface area contributed by atoms with Crippen LogP contribution in [0.15, 0.2) is 77.5 Å². The molecule has 0 aliphatic carbocycles. The van der Waals surface area contributed by atoms with Gasteiger partial charge in [-0.15, -0.1) is 0 Å². The molecule has 0 fully saturated rings. The minimum Gasteiger partial charge on any atom is -0.459 e. The Kier molecular flexibility index (Phi) is 7.15. The summed E-state index contributed by atoms with van der Waals surface area (Å²) in [5.41, 5.74) is 4.87. The monoisotopic (exact) mass is 470 g/mol. The van der Waals surface area contributed by atoms with Crippen molar-refractivity contribution in [2.45, 2.75) is 27.7 Å². The average Bonchev–Trinajstić information content (AvgIpc) is 3.50. The van der Waals surface area contributed by atoms with E-state index >= 15 is 0 Å². The van der Waals surface area contributed by atoms with Gasteiger partial charge in [-0.3, -0.25) is 19.5 Å². The molecule has 2 amide bonds. The lowest BCUT2D eigenvalue weighted by Gasteiger charge is -2.23. The molecule has 1 N–H and O–H groups in total. The summed E-state index contributed by atoms with van der Waals surface area (Å²) >= 11 is 0. The molecule has 7 heteroatoms. The zero-order chi connectivity index (χ0) is 24.9. The summed E-state index contributed by atoms with van der Waals surface area (Å²) in [4.78, 5) is 32.2. The van der Waals surface area contributed by atoms with Gasteiger partial charge in [-0.1, -0.05) is 61.4 Å². The lowest BCUT2D eigenvalue weighted by molar-refractivity contribution is -0.117. The lowest BCUT2D eigenvalue weighted by Crippen LogP contribution is -2.40. The van der Waals surface area contributed by atoms with Crippen molar-refractivity contribution in [1.82, 2.24) is 14.5 Å². The van der Waals surface area contributed by atoms with E-state index in [1.165, 1.54) is 11.2 Å². The van der Waals surface area contributed by atoms with Crippen LogP contribution in [0.4, 0.5) is 5.95 Å². The number of hydrogen-bond donors (Lipinski definition) is 1. The Bertz CT molecular complexity index is 1290. The highest BCUT2D eigenvalue weighted by Crippen LogP contribution is 2.25. The highest BCUT2D eigenvalue weighted by Gasteiger charge is 2.23. The van der Waals surface area contributed by atoms with Crippen molar-refractivity contribution in [2.24, 2.45) is 5.92 Å². The second-order valence-electron chi connectivity index (χ2n) is 9.13. The number of carbonyl (C=O) groups is 2. The molecule has 4 aromatic rings. The van der Waals surface area contributed by atoms with E-state index in [1.54, 1.807) is 12.1 Å². The van der Waals surface area contributed by atoms with Gasteiger partial charge in [-0.2, -0.15) is 0 Å². The van der Waals surface area contributed by atoms with Crippen LogP contribution in [-0.4, -0.2) is 39.4 Å². The minimum atomic E-state index is -0.333. The van der Waals surface area contributed by atoms with Gasteiger partial charge in [0.2, 0.25) is 11.9 Å². The van der Waals surface area contributed by atoms with E-state index in [1.807, 2.05) is 87.0 Å². The van der Waals surface area contributed by atoms with Crippen molar-refractivity contribution >= 4 is 17.8 Å². The first kappa shape index (κ1) is 24.0. The number of nitrogens with zero attached hydrogens (tertiary/aromatic N) is 3. The molecular weight excluding hydrogens is 440 g/mol. The molecule has 2 aromatic heterocycles. The van der Waals surface area contributed by atoms with Crippen LogP contribution >= 0.6 is 0 Å². The van der Waals surface area contributed by atoms with Crippen LogP contribution in [0, 0.1) is 19.8 Å². The van der Waals surface area contributed by atoms with Gasteiger partial charge in [-0.05, 0) is 44.0 Å². The Morgan fingerprint density at radius 1 is 1.00 bits per heavy atom. The van der Waals surface area contributed by atoms with Crippen LogP contribution in [0.25, 0.3) is 16.9 Å². The number of carbonyl (C=O) groups excluding carboxylic acids is 2. The predicted octanol–water partition coefficient (Wildman–Crippen LogP) is 5.49. The van der Waals surface area contributed by atoms with Gasteiger partial charge in [0.05, 0.1) is 12.0 Å². The molecule has 2 aromatic carbocycles. The number of nitrogens with one attached hydrogen (secondary N) is 1. The third-order valence-corrected chi connectivity index (χ3v) is 5.56. The maximum atomic E-state index is 13.1. The molecule has 0 unspecified atom stereocenters. The Balaban J connectivity index is 1.62. The van der Waals surface area contributed by atoms with E-state index in [9.17, 15) is 9.59 Å². The first-order valence-corrected chi connectivity index (χ1v) is 11.7. The predicted molar refractivity (Wildman–Crippen MR) is 137 cm³/mol. The number of amides is 2. The van der Waals surface area contributed by atoms with E-state index in [-0.39, 0.29) is 30.0 Å². The number of hydrogen-bond acceptors (Lipinski definition) is 4. The fourth-order valence-corrected chi connectivity index (χ4v) is 3.79.